The van der Waals surface area contributed by atoms with Crippen molar-refractivity contribution >= 4 is 23.5 Å². The molecule has 0 fully saturated rings. The van der Waals surface area contributed by atoms with Crippen LogP contribution in [0.4, 0.5) is 5.69 Å². The Labute approximate surface area is 185 Å². The summed E-state index contributed by atoms with van der Waals surface area (Å²) in [5.74, 6) is -0.826. The number of benzene rings is 2. The van der Waals surface area contributed by atoms with Crippen molar-refractivity contribution in [3.8, 4) is 0 Å². The summed E-state index contributed by atoms with van der Waals surface area (Å²) in [6.45, 7) is 0.198. The fraction of sp³-hybridized carbons (Fsp3) is 0.208. The van der Waals surface area contributed by atoms with E-state index in [1.54, 1.807) is 67.8 Å². The van der Waals surface area contributed by atoms with Crippen molar-refractivity contribution in [2.75, 3.05) is 25.7 Å². The Morgan fingerprint density at radius 1 is 1.00 bits per heavy atom. The van der Waals surface area contributed by atoms with Gasteiger partial charge in [0, 0.05) is 14.2 Å². The molecule has 1 aromatic heterocycles. The van der Waals surface area contributed by atoms with Crippen molar-refractivity contribution in [3.63, 3.8) is 0 Å². The minimum Gasteiger partial charge on any atom is -0.467 e. The molecule has 2 amide bonds. The van der Waals surface area contributed by atoms with Crippen LogP contribution in [0.25, 0.3) is 0 Å². The summed E-state index contributed by atoms with van der Waals surface area (Å²) < 4.78 is 15.4. The lowest BCUT2D eigenvalue weighted by atomic mass is 10.1. The first kappa shape index (κ1) is 22.8. The van der Waals surface area contributed by atoms with Crippen LogP contribution >= 0.6 is 0 Å². The lowest BCUT2D eigenvalue weighted by Gasteiger charge is -2.20. The molecule has 32 heavy (non-hydrogen) atoms. The van der Waals surface area contributed by atoms with E-state index in [9.17, 15) is 14.4 Å². The molecule has 1 N–H and O–H groups in total. The Morgan fingerprint density at radius 3 is 2.44 bits per heavy atom. The molecule has 0 unspecified atom stereocenters. The van der Waals surface area contributed by atoms with E-state index in [2.05, 4.69) is 5.32 Å². The number of ether oxygens (including phenoxy) is 2. The molecule has 0 saturated heterocycles. The van der Waals surface area contributed by atoms with Gasteiger partial charge in [0.2, 0.25) is 0 Å². The van der Waals surface area contributed by atoms with E-state index >= 15 is 0 Å². The normalized spacial score (nSPS) is 10.4. The number of nitrogens with zero attached hydrogens (tertiary/aromatic N) is 1. The van der Waals surface area contributed by atoms with E-state index in [1.807, 2.05) is 0 Å². The third kappa shape index (κ3) is 5.83. The van der Waals surface area contributed by atoms with E-state index in [-0.39, 0.29) is 12.5 Å². The molecule has 2 aromatic carbocycles. The van der Waals surface area contributed by atoms with Crippen molar-refractivity contribution in [1.82, 2.24) is 5.32 Å². The number of esters is 1. The van der Waals surface area contributed by atoms with Gasteiger partial charge in [-0.05, 0) is 42.0 Å². The number of carbonyl (C=O) groups is 3. The first-order valence-electron chi connectivity index (χ1n) is 9.90. The molecule has 0 bridgehead atoms. The molecule has 3 aromatic rings. The predicted octanol–water partition coefficient (Wildman–Crippen LogP) is 3.18. The number of anilines is 1. The highest BCUT2D eigenvalue weighted by Crippen LogP contribution is 2.20. The second kappa shape index (κ2) is 10.9. The highest BCUT2D eigenvalue weighted by Gasteiger charge is 2.20. The summed E-state index contributed by atoms with van der Waals surface area (Å²) in [6.07, 6.45) is 1.52. The largest absolute Gasteiger partial charge is 0.467 e. The molecule has 8 nitrogen and oxygen atoms in total. The standard InChI is InChI=1S/C24H24N2O6/c1-26(22(27)16-32-24(29)18-11-9-17(10-12-18)15-30-2)21-8-4-3-7-20(21)23(28)25-14-19-6-5-13-31-19/h3-13H,14-16H2,1-2H3,(H,25,28). The number of likely N-dealkylation sites (N-methyl/N-ethyl adjacent to an activating group) is 1. The number of methoxy groups -OCH3 is 1. The van der Waals surface area contributed by atoms with Crippen LogP contribution in [-0.2, 0) is 27.4 Å². The molecule has 166 valence electrons. The average molecular weight is 436 g/mol. The van der Waals surface area contributed by atoms with Crippen LogP contribution in [0.5, 0.6) is 0 Å². The van der Waals surface area contributed by atoms with Gasteiger partial charge in [-0.15, -0.1) is 0 Å². The summed E-state index contributed by atoms with van der Waals surface area (Å²) in [5.41, 5.74) is 1.96. The van der Waals surface area contributed by atoms with E-state index < -0.39 is 18.5 Å². The van der Waals surface area contributed by atoms with Crippen molar-refractivity contribution in [2.45, 2.75) is 13.2 Å². The lowest BCUT2D eigenvalue weighted by Crippen LogP contribution is -2.33. The summed E-state index contributed by atoms with van der Waals surface area (Å²) >= 11 is 0. The van der Waals surface area contributed by atoms with Gasteiger partial charge in [0.15, 0.2) is 6.61 Å². The van der Waals surface area contributed by atoms with Gasteiger partial charge in [0.1, 0.15) is 5.76 Å². The third-order valence-electron chi connectivity index (χ3n) is 4.71. The molecule has 3 rings (SSSR count). The van der Waals surface area contributed by atoms with Gasteiger partial charge in [0.05, 0.1) is 36.2 Å². The topological polar surface area (TPSA) is 98.1 Å². The van der Waals surface area contributed by atoms with Gasteiger partial charge in [-0.25, -0.2) is 4.79 Å². The number of hydrogen-bond donors (Lipinski definition) is 1. The van der Waals surface area contributed by atoms with Crippen LogP contribution in [-0.4, -0.2) is 38.5 Å². The SMILES string of the molecule is COCc1ccc(C(=O)OCC(=O)N(C)c2ccccc2C(=O)NCc2ccco2)cc1. The molecule has 1 heterocycles. The molecule has 0 atom stereocenters. The zero-order chi connectivity index (χ0) is 22.9. The van der Waals surface area contributed by atoms with Crippen LogP contribution < -0.4 is 10.2 Å². The van der Waals surface area contributed by atoms with Gasteiger partial charge >= 0.3 is 5.97 Å². The highest BCUT2D eigenvalue weighted by molar-refractivity contribution is 6.05. The van der Waals surface area contributed by atoms with Crippen molar-refractivity contribution in [1.29, 1.82) is 0 Å². The van der Waals surface area contributed by atoms with Crippen molar-refractivity contribution < 1.29 is 28.3 Å². The summed E-state index contributed by atoms with van der Waals surface area (Å²) in [6, 6.07) is 16.9. The molecule has 0 radical (unpaired) electrons. The lowest BCUT2D eigenvalue weighted by molar-refractivity contribution is -0.121. The number of para-hydroxylation sites is 1. The minimum atomic E-state index is -0.611. The van der Waals surface area contributed by atoms with Gasteiger partial charge in [0.25, 0.3) is 11.8 Å². The van der Waals surface area contributed by atoms with Crippen molar-refractivity contribution in [3.05, 3.63) is 89.4 Å². The zero-order valence-corrected chi connectivity index (χ0v) is 17.9. The summed E-state index contributed by atoms with van der Waals surface area (Å²) in [4.78, 5) is 38.8. The molecule has 0 aliphatic carbocycles. The molecular weight excluding hydrogens is 412 g/mol. The average Bonchev–Trinajstić information content (AvgIpc) is 3.34. The van der Waals surface area contributed by atoms with Crippen LogP contribution in [0.15, 0.2) is 71.3 Å². The fourth-order valence-electron chi connectivity index (χ4n) is 2.98. The Hall–Kier alpha value is -3.91. The van der Waals surface area contributed by atoms with Crippen LogP contribution in [0.2, 0.25) is 0 Å². The van der Waals surface area contributed by atoms with Crippen molar-refractivity contribution in [2.24, 2.45) is 0 Å². The molecule has 0 aliphatic heterocycles. The summed E-state index contributed by atoms with van der Waals surface area (Å²) in [7, 11) is 3.11. The predicted molar refractivity (Wildman–Crippen MR) is 117 cm³/mol. The first-order chi connectivity index (χ1) is 15.5. The molecule has 0 spiro atoms. The maximum Gasteiger partial charge on any atom is 0.338 e. The number of furan rings is 1. The van der Waals surface area contributed by atoms with Gasteiger partial charge in [-0.1, -0.05) is 24.3 Å². The number of nitrogens with one attached hydrogen (secondary N) is 1. The van der Waals surface area contributed by atoms with Gasteiger partial charge in [-0.2, -0.15) is 0 Å². The van der Waals surface area contributed by atoms with E-state index in [0.29, 0.717) is 29.2 Å². The second-order valence-electron chi connectivity index (χ2n) is 6.94. The fourth-order valence-corrected chi connectivity index (χ4v) is 2.98. The van der Waals surface area contributed by atoms with Crippen LogP contribution in [0, 0.1) is 0 Å². The minimum absolute atomic E-state index is 0.221. The smallest absolute Gasteiger partial charge is 0.338 e. The quantitative estimate of drug-likeness (QED) is 0.518. The van der Waals surface area contributed by atoms with E-state index in [4.69, 9.17) is 13.9 Å². The number of carbonyl (C=O) groups excluding carboxylic acids is 3. The van der Waals surface area contributed by atoms with Crippen LogP contribution in [0.1, 0.15) is 32.0 Å². The maximum atomic E-state index is 12.6. The van der Waals surface area contributed by atoms with E-state index in [1.165, 1.54) is 18.2 Å². The Bertz CT molecular complexity index is 1060. The Morgan fingerprint density at radius 2 is 1.75 bits per heavy atom. The monoisotopic (exact) mass is 436 g/mol. The van der Waals surface area contributed by atoms with Gasteiger partial charge < -0.3 is 24.1 Å². The molecule has 0 aliphatic rings. The molecule has 0 saturated carbocycles. The summed E-state index contributed by atoms with van der Waals surface area (Å²) in [5, 5.41) is 2.76. The number of amides is 2. The second-order valence-corrected chi connectivity index (χ2v) is 6.94. The third-order valence-corrected chi connectivity index (χ3v) is 4.71. The van der Waals surface area contributed by atoms with Crippen LogP contribution in [0.3, 0.4) is 0 Å². The molecule has 8 heteroatoms. The number of hydrogen-bond acceptors (Lipinski definition) is 6. The number of rotatable bonds is 9. The Kier molecular flexibility index (Phi) is 7.77. The molecular formula is C24H24N2O6. The van der Waals surface area contributed by atoms with Gasteiger partial charge in [-0.3, -0.25) is 9.59 Å². The van der Waals surface area contributed by atoms with E-state index in [0.717, 1.165) is 5.56 Å². The first-order valence-corrected chi connectivity index (χ1v) is 9.90. The highest BCUT2D eigenvalue weighted by atomic mass is 16.5. The Balaban J connectivity index is 1.60. The zero-order valence-electron chi connectivity index (χ0n) is 17.9. The maximum absolute atomic E-state index is 12.6.